The molecular formula is C17H23N3O3. The van der Waals surface area contributed by atoms with E-state index in [0.717, 1.165) is 31.4 Å². The molecule has 2 N–H and O–H groups in total. The van der Waals surface area contributed by atoms with Crippen molar-refractivity contribution in [3.05, 3.63) is 29.3 Å². The van der Waals surface area contributed by atoms with Crippen molar-refractivity contribution in [3.8, 4) is 0 Å². The molecule has 3 rings (SSSR count). The normalized spacial score (nSPS) is 17.5. The Morgan fingerprint density at radius 2 is 1.91 bits per heavy atom. The lowest BCUT2D eigenvalue weighted by atomic mass is 10.1. The van der Waals surface area contributed by atoms with Crippen molar-refractivity contribution in [1.82, 2.24) is 10.2 Å². The molecule has 0 spiro atoms. The number of likely N-dealkylation sites (tertiary alicyclic amines) is 1. The first-order chi connectivity index (χ1) is 11.2. The van der Waals surface area contributed by atoms with Crippen molar-refractivity contribution in [2.75, 3.05) is 25.5 Å². The molecular weight excluding hydrogens is 294 g/mol. The van der Waals surface area contributed by atoms with Crippen molar-refractivity contribution >= 4 is 17.8 Å². The second-order valence-electron chi connectivity index (χ2n) is 6.17. The molecule has 1 aliphatic heterocycles. The Morgan fingerprint density at radius 3 is 2.65 bits per heavy atom. The first-order valence-electron chi connectivity index (χ1n) is 8.18. The number of nitrogens with zero attached hydrogens (tertiary/aromatic N) is 1. The third kappa shape index (κ3) is 3.75. The van der Waals surface area contributed by atoms with Gasteiger partial charge in [-0.1, -0.05) is 6.07 Å². The van der Waals surface area contributed by atoms with Crippen LogP contribution in [0, 0.1) is 0 Å². The monoisotopic (exact) mass is 317 g/mol. The van der Waals surface area contributed by atoms with Crippen molar-refractivity contribution < 1.29 is 14.3 Å². The second kappa shape index (κ2) is 6.89. The largest absolute Gasteiger partial charge is 0.453 e. The average Bonchev–Trinajstić information content (AvgIpc) is 3.02. The minimum Gasteiger partial charge on any atom is -0.453 e. The van der Waals surface area contributed by atoms with Gasteiger partial charge >= 0.3 is 12.1 Å². The summed E-state index contributed by atoms with van der Waals surface area (Å²) < 4.78 is 4.71. The molecule has 1 aromatic rings. The number of hydrogen-bond acceptors (Lipinski definition) is 3. The number of ether oxygens (including phenoxy) is 1. The van der Waals surface area contributed by atoms with E-state index in [1.54, 1.807) is 4.90 Å². The van der Waals surface area contributed by atoms with Crippen LogP contribution in [-0.4, -0.2) is 43.3 Å². The molecule has 0 radical (unpaired) electrons. The maximum atomic E-state index is 12.1. The fourth-order valence-electron chi connectivity index (χ4n) is 3.34. The molecule has 1 aliphatic carbocycles. The number of fused-ring (bicyclic) bond motifs is 1. The molecule has 124 valence electrons. The molecule has 0 saturated carbocycles. The Morgan fingerprint density at radius 1 is 1.17 bits per heavy atom. The molecule has 0 bridgehead atoms. The minimum atomic E-state index is -0.300. The number of piperidine rings is 1. The van der Waals surface area contributed by atoms with Gasteiger partial charge in [0.15, 0.2) is 0 Å². The zero-order valence-electron chi connectivity index (χ0n) is 13.4. The quantitative estimate of drug-likeness (QED) is 0.880. The third-order valence-electron chi connectivity index (χ3n) is 4.62. The molecule has 1 aromatic carbocycles. The van der Waals surface area contributed by atoms with Crippen LogP contribution in [0.3, 0.4) is 0 Å². The van der Waals surface area contributed by atoms with Gasteiger partial charge in [0.2, 0.25) is 0 Å². The Bertz CT molecular complexity index is 595. The van der Waals surface area contributed by atoms with E-state index in [-0.39, 0.29) is 18.2 Å². The predicted octanol–water partition coefficient (Wildman–Crippen LogP) is 2.53. The number of nitrogens with one attached hydrogen (secondary N) is 2. The molecule has 0 aromatic heterocycles. The smallest absolute Gasteiger partial charge is 0.409 e. The van der Waals surface area contributed by atoms with E-state index in [1.807, 2.05) is 6.07 Å². The zero-order chi connectivity index (χ0) is 16.2. The Labute approximate surface area is 136 Å². The predicted molar refractivity (Wildman–Crippen MR) is 87.6 cm³/mol. The summed E-state index contributed by atoms with van der Waals surface area (Å²) >= 11 is 0. The van der Waals surface area contributed by atoms with E-state index in [0.29, 0.717) is 13.1 Å². The standard InChI is InChI=1S/C17H23N3O3/c1-23-17(22)20-9-7-14(8-10-20)18-16(21)19-15-6-5-12-3-2-4-13(12)11-15/h5-6,11,14H,2-4,7-10H2,1H3,(H2,18,19,21). The Balaban J connectivity index is 1.48. The van der Waals surface area contributed by atoms with Gasteiger partial charge in [0.1, 0.15) is 0 Å². The fraction of sp³-hybridized carbons (Fsp3) is 0.529. The zero-order valence-corrected chi connectivity index (χ0v) is 13.4. The SMILES string of the molecule is COC(=O)N1CCC(NC(=O)Nc2ccc3c(c2)CCC3)CC1. The number of methoxy groups -OCH3 is 1. The molecule has 0 unspecified atom stereocenters. The third-order valence-corrected chi connectivity index (χ3v) is 4.62. The number of carbonyl (C=O) groups is 2. The van der Waals surface area contributed by atoms with Crippen LogP contribution in [0.1, 0.15) is 30.4 Å². The topological polar surface area (TPSA) is 70.7 Å². The van der Waals surface area contributed by atoms with Gasteiger partial charge in [0, 0.05) is 24.8 Å². The van der Waals surface area contributed by atoms with Gasteiger partial charge in [-0.15, -0.1) is 0 Å². The van der Waals surface area contributed by atoms with Gasteiger partial charge < -0.3 is 20.3 Å². The van der Waals surface area contributed by atoms with Gasteiger partial charge in [-0.05, 0) is 55.4 Å². The number of hydrogen-bond donors (Lipinski definition) is 2. The number of anilines is 1. The lowest BCUT2D eigenvalue weighted by molar-refractivity contribution is 0.110. The van der Waals surface area contributed by atoms with Crippen LogP contribution in [0.2, 0.25) is 0 Å². The molecule has 0 atom stereocenters. The van der Waals surface area contributed by atoms with Gasteiger partial charge in [-0.3, -0.25) is 0 Å². The number of rotatable bonds is 2. The molecule has 1 heterocycles. The highest BCUT2D eigenvalue weighted by atomic mass is 16.5. The van der Waals surface area contributed by atoms with Crippen LogP contribution in [0.5, 0.6) is 0 Å². The highest BCUT2D eigenvalue weighted by Crippen LogP contribution is 2.24. The van der Waals surface area contributed by atoms with Gasteiger partial charge in [-0.25, -0.2) is 9.59 Å². The van der Waals surface area contributed by atoms with Crippen molar-refractivity contribution in [2.45, 2.75) is 38.1 Å². The molecule has 1 saturated heterocycles. The summed E-state index contributed by atoms with van der Waals surface area (Å²) in [5, 5.41) is 5.89. The maximum Gasteiger partial charge on any atom is 0.409 e. The Hall–Kier alpha value is -2.24. The van der Waals surface area contributed by atoms with Crippen LogP contribution < -0.4 is 10.6 Å². The summed E-state index contributed by atoms with van der Waals surface area (Å²) in [4.78, 5) is 25.2. The van der Waals surface area contributed by atoms with Gasteiger partial charge in [0.05, 0.1) is 7.11 Å². The van der Waals surface area contributed by atoms with Crippen molar-refractivity contribution in [2.24, 2.45) is 0 Å². The van der Waals surface area contributed by atoms with Gasteiger partial charge in [0.25, 0.3) is 0 Å². The van der Waals surface area contributed by atoms with E-state index < -0.39 is 0 Å². The molecule has 2 aliphatic rings. The average molecular weight is 317 g/mol. The first-order valence-corrected chi connectivity index (χ1v) is 8.18. The van der Waals surface area contributed by atoms with Crippen LogP contribution in [0.25, 0.3) is 0 Å². The van der Waals surface area contributed by atoms with E-state index in [2.05, 4.69) is 22.8 Å². The van der Waals surface area contributed by atoms with Crippen LogP contribution in [0.4, 0.5) is 15.3 Å². The van der Waals surface area contributed by atoms with E-state index in [1.165, 1.54) is 24.7 Å². The highest BCUT2D eigenvalue weighted by Gasteiger charge is 2.24. The van der Waals surface area contributed by atoms with E-state index in [9.17, 15) is 9.59 Å². The molecule has 6 heteroatoms. The lowest BCUT2D eigenvalue weighted by Gasteiger charge is -2.31. The molecule has 3 amide bonds. The van der Waals surface area contributed by atoms with Crippen LogP contribution in [0.15, 0.2) is 18.2 Å². The first kappa shape index (κ1) is 15.6. The summed E-state index contributed by atoms with van der Waals surface area (Å²) in [7, 11) is 1.39. The molecule has 6 nitrogen and oxygen atoms in total. The minimum absolute atomic E-state index is 0.0883. The fourth-order valence-corrected chi connectivity index (χ4v) is 3.34. The molecule has 23 heavy (non-hydrogen) atoms. The number of amides is 3. The second-order valence-corrected chi connectivity index (χ2v) is 6.17. The van der Waals surface area contributed by atoms with Crippen molar-refractivity contribution in [1.29, 1.82) is 0 Å². The van der Waals surface area contributed by atoms with Gasteiger partial charge in [-0.2, -0.15) is 0 Å². The number of aryl methyl sites for hydroxylation is 2. The highest BCUT2D eigenvalue weighted by molar-refractivity contribution is 5.89. The van der Waals surface area contributed by atoms with Crippen LogP contribution >= 0.6 is 0 Å². The van der Waals surface area contributed by atoms with Crippen molar-refractivity contribution in [3.63, 3.8) is 0 Å². The number of urea groups is 1. The number of benzene rings is 1. The number of carbonyl (C=O) groups excluding carboxylic acids is 2. The maximum absolute atomic E-state index is 12.1. The lowest BCUT2D eigenvalue weighted by Crippen LogP contribution is -2.47. The summed E-state index contributed by atoms with van der Waals surface area (Å²) in [5.41, 5.74) is 3.58. The summed E-state index contributed by atoms with van der Waals surface area (Å²) in [6, 6.07) is 6.04. The Kier molecular flexibility index (Phi) is 4.69. The van der Waals surface area contributed by atoms with E-state index in [4.69, 9.17) is 4.74 Å². The van der Waals surface area contributed by atoms with Crippen LogP contribution in [-0.2, 0) is 17.6 Å². The summed E-state index contributed by atoms with van der Waals surface area (Å²) in [6.45, 7) is 1.22. The summed E-state index contributed by atoms with van der Waals surface area (Å²) in [6.07, 6.45) is 4.62. The van der Waals surface area contributed by atoms with E-state index >= 15 is 0 Å². The summed E-state index contributed by atoms with van der Waals surface area (Å²) in [5.74, 6) is 0. The molecule has 1 fully saturated rings.